The lowest BCUT2D eigenvalue weighted by atomic mass is 9.74. The number of rotatable bonds is 5. The van der Waals surface area contributed by atoms with E-state index in [9.17, 15) is 9.90 Å². The molecule has 4 heteroatoms. The summed E-state index contributed by atoms with van der Waals surface area (Å²) in [7, 11) is 0. The van der Waals surface area contributed by atoms with Gasteiger partial charge < -0.3 is 15.2 Å². The number of aliphatic hydroxyl groups is 1. The van der Waals surface area contributed by atoms with Crippen molar-refractivity contribution in [2.75, 3.05) is 6.61 Å². The van der Waals surface area contributed by atoms with Gasteiger partial charge in [0.1, 0.15) is 5.75 Å². The molecule has 0 aromatic heterocycles. The summed E-state index contributed by atoms with van der Waals surface area (Å²) in [6.07, 6.45) is 2.53. The number of benzene rings is 2. The highest BCUT2D eigenvalue weighted by molar-refractivity contribution is 5.79. The number of ether oxygens (including phenoxy) is 1. The van der Waals surface area contributed by atoms with E-state index in [0.717, 1.165) is 48.3 Å². The van der Waals surface area contributed by atoms with E-state index < -0.39 is 0 Å². The second-order valence-corrected chi connectivity index (χ2v) is 7.56. The van der Waals surface area contributed by atoms with Gasteiger partial charge in [0.05, 0.1) is 25.2 Å². The lowest BCUT2D eigenvalue weighted by Gasteiger charge is -2.38. The second kappa shape index (κ2) is 7.12. The predicted molar refractivity (Wildman–Crippen MR) is 100 cm³/mol. The van der Waals surface area contributed by atoms with E-state index in [4.69, 9.17) is 4.74 Å². The fraction of sp³-hybridized carbons (Fsp3) is 0.409. The van der Waals surface area contributed by atoms with Crippen molar-refractivity contribution in [3.05, 3.63) is 64.7 Å². The summed E-state index contributed by atoms with van der Waals surface area (Å²) in [6, 6.07) is 14.2. The zero-order valence-electron chi connectivity index (χ0n) is 15.1. The van der Waals surface area contributed by atoms with Gasteiger partial charge >= 0.3 is 0 Å². The van der Waals surface area contributed by atoms with Crippen molar-refractivity contribution in [3.8, 4) is 5.75 Å². The molecule has 136 valence electrons. The summed E-state index contributed by atoms with van der Waals surface area (Å²) >= 11 is 0. The average Bonchev–Trinajstić information content (AvgIpc) is 3.05. The highest BCUT2D eigenvalue weighted by Gasteiger charge is 2.36. The summed E-state index contributed by atoms with van der Waals surface area (Å²) in [5, 5.41) is 13.0. The van der Waals surface area contributed by atoms with Crippen molar-refractivity contribution in [3.63, 3.8) is 0 Å². The SMILES string of the molecule is Cc1cccc(CC(=O)N[C@H](c2ccc3c(c2)CCO3)C2CC(O)C2)c1. The molecule has 1 aliphatic heterocycles. The largest absolute Gasteiger partial charge is 0.493 e. The third-order valence-electron chi connectivity index (χ3n) is 5.46. The van der Waals surface area contributed by atoms with Crippen LogP contribution in [0.15, 0.2) is 42.5 Å². The van der Waals surface area contributed by atoms with Crippen LogP contribution in [-0.4, -0.2) is 23.7 Å². The minimum absolute atomic E-state index is 0.0266. The summed E-state index contributed by atoms with van der Waals surface area (Å²) in [5.74, 6) is 1.26. The Bertz CT molecular complexity index is 811. The van der Waals surface area contributed by atoms with Gasteiger partial charge in [0.15, 0.2) is 0 Å². The van der Waals surface area contributed by atoms with Crippen LogP contribution in [0.1, 0.15) is 41.1 Å². The quantitative estimate of drug-likeness (QED) is 0.870. The molecule has 1 fully saturated rings. The average molecular weight is 351 g/mol. The van der Waals surface area contributed by atoms with Gasteiger partial charge in [-0.15, -0.1) is 0 Å². The molecule has 1 saturated carbocycles. The Kier molecular flexibility index (Phi) is 4.68. The third-order valence-corrected chi connectivity index (χ3v) is 5.46. The normalized spacial score (nSPS) is 22.1. The van der Waals surface area contributed by atoms with E-state index in [0.29, 0.717) is 6.42 Å². The number of fused-ring (bicyclic) bond motifs is 1. The maximum atomic E-state index is 12.7. The summed E-state index contributed by atoms with van der Waals surface area (Å²) in [6.45, 7) is 2.76. The van der Waals surface area contributed by atoms with E-state index in [1.54, 1.807) is 0 Å². The van der Waals surface area contributed by atoms with Crippen LogP contribution in [0.25, 0.3) is 0 Å². The molecule has 0 saturated heterocycles. The lowest BCUT2D eigenvalue weighted by molar-refractivity contribution is -0.122. The Hall–Kier alpha value is -2.33. The molecule has 0 radical (unpaired) electrons. The van der Waals surface area contributed by atoms with E-state index in [1.165, 1.54) is 5.56 Å². The van der Waals surface area contributed by atoms with Gasteiger partial charge in [-0.2, -0.15) is 0 Å². The topological polar surface area (TPSA) is 58.6 Å². The van der Waals surface area contributed by atoms with Crippen LogP contribution in [0.4, 0.5) is 0 Å². The van der Waals surface area contributed by atoms with Gasteiger partial charge in [-0.05, 0) is 54.5 Å². The molecular formula is C22H25NO3. The molecule has 0 bridgehead atoms. The number of hydrogen-bond donors (Lipinski definition) is 2. The Morgan fingerprint density at radius 3 is 2.88 bits per heavy atom. The number of aliphatic hydroxyl groups excluding tert-OH is 1. The molecule has 2 N–H and O–H groups in total. The van der Waals surface area contributed by atoms with Crippen LogP contribution < -0.4 is 10.1 Å². The first kappa shape index (κ1) is 17.1. The van der Waals surface area contributed by atoms with Crippen molar-refractivity contribution in [1.82, 2.24) is 5.32 Å². The van der Waals surface area contributed by atoms with Gasteiger partial charge in [0.25, 0.3) is 0 Å². The molecule has 1 heterocycles. The minimum Gasteiger partial charge on any atom is -0.493 e. The van der Waals surface area contributed by atoms with Crippen molar-refractivity contribution in [2.45, 2.75) is 44.8 Å². The fourth-order valence-electron chi connectivity index (χ4n) is 4.01. The number of carbonyl (C=O) groups is 1. The second-order valence-electron chi connectivity index (χ2n) is 7.56. The van der Waals surface area contributed by atoms with E-state index in [-0.39, 0.29) is 24.0 Å². The van der Waals surface area contributed by atoms with Crippen LogP contribution >= 0.6 is 0 Å². The zero-order valence-corrected chi connectivity index (χ0v) is 15.1. The maximum Gasteiger partial charge on any atom is 0.224 e. The molecule has 1 amide bonds. The van der Waals surface area contributed by atoms with Crippen LogP contribution in [-0.2, 0) is 17.6 Å². The Morgan fingerprint density at radius 2 is 2.12 bits per heavy atom. The van der Waals surface area contributed by atoms with Gasteiger partial charge in [-0.3, -0.25) is 4.79 Å². The Balaban J connectivity index is 1.51. The number of hydrogen-bond acceptors (Lipinski definition) is 3. The molecule has 4 rings (SSSR count). The van der Waals surface area contributed by atoms with Crippen LogP contribution in [0.3, 0.4) is 0 Å². The summed E-state index contributed by atoms with van der Waals surface area (Å²) in [4.78, 5) is 12.7. The molecule has 2 aliphatic rings. The van der Waals surface area contributed by atoms with Crippen molar-refractivity contribution in [2.24, 2.45) is 5.92 Å². The molecule has 26 heavy (non-hydrogen) atoms. The Morgan fingerprint density at radius 1 is 1.27 bits per heavy atom. The van der Waals surface area contributed by atoms with Crippen molar-refractivity contribution < 1.29 is 14.6 Å². The third kappa shape index (κ3) is 3.61. The summed E-state index contributed by atoms with van der Waals surface area (Å²) < 4.78 is 5.59. The van der Waals surface area contributed by atoms with Crippen LogP contribution in [0, 0.1) is 12.8 Å². The van der Waals surface area contributed by atoms with Gasteiger partial charge in [0, 0.05) is 6.42 Å². The monoisotopic (exact) mass is 351 g/mol. The van der Waals surface area contributed by atoms with Crippen molar-refractivity contribution >= 4 is 5.91 Å². The first-order valence-electron chi connectivity index (χ1n) is 9.37. The van der Waals surface area contributed by atoms with E-state index >= 15 is 0 Å². The van der Waals surface area contributed by atoms with Gasteiger partial charge in [0.2, 0.25) is 5.91 Å². The number of nitrogens with one attached hydrogen (secondary N) is 1. The maximum absolute atomic E-state index is 12.7. The number of aryl methyl sites for hydroxylation is 1. The van der Waals surface area contributed by atoms with Crippen LogP contribution in [0.2, 0.25) is 0 Å². The first-order valence-corrected chi connectivity index (χ1v) is 9.37. The molecular weight excluding hydrogens is 326 g/mol. The summed E-state index contributed by atoms with van der Waals surface area (Å²) in [5.41, 5.74) is 4.51. The molecule has 2 aromatic carbocycles. The van der Waals surface area contributed by atoms with Gasteiger partial charge in [-0.25, -0.2) is 0 Å². The molecule has 0 spiro atoms. The first-order chi connectivity index (χ1) is 12.6. The minimum atomic E-state index is -0.242. The molecule has 1 aliphatic carbocycles. The van der Waals surface area contributed by atoms with E-state index in [2.05, 4.69) is 17.4 Å². The van der Waals surface area contributed by atoms with Crippen molar-refractivity contribution in [1.29, 1.82) is 0 Å². The molecule has 1 atom stereocenters. The number of carbonyl (C=O) groups excluding carboxylic acids is 1. The standard InChI is InChI=1S/C22H25NO3/c1-14-3-2-4-15(9-14)10-21(25)23-22(18-12-19(24)13-18)17-5-6-20-16(11-17)7-8-26-20/h2-6,9,11,18-19,22,24H,7-8,10,12-13H2,1H3,(H,23,25)/t18?,19?,22-/m1/s1. The van der Waals surface area contributed by atoms with Gasteiger partial charge in [-0.1, -0.05) is 35.9 Å². The van der Waals surface area contributed by atoms with E-state index in [1.807, 2.05) is 37.3 Å². The fourth-order valence-corrected chi connectivity index (χ4v) is 4.01. The Labute approximate surface area is 154 Å². The predicted octanol–water partition coefficient (Wildman–Crippen LogP) is 3.10. The zero-order chi connectivity index (χ0) is 18.1. The highest BCUT2D eigenvalue weighted by Crippen LogP contribution is 2.39. The highest BCUT2D eigenvalue weighted by atomic mass is 16.5. The molecule has 0 unspecified atom stereocenters. The number of amides is 1. The molecule has 4 nitrogen and oxygen atoms in total. The molecule has 2 aromatic rings. The lowest BCUT2D eigenvalue weighted by Crippen LogP contribution is -2.41. The van der Waals surface area contributed by atoms with Crippen LogP contribution in [0.5, 0.6) is 5.75 Å². The smallest absolute Gasteiger partial charge is 0.224 e.